The Morgan fingerprint density at radius 3 is 2.26 bits per heavy atom. The maximum Gasteiger partial charge on any atom is 0.527 e. The highest BCUT2D eigenvalue weighted by Crippen LogP contribution is 2.43. The Morgan fingerprint density at radius 1 is 1.32 bits per heavy atom. The molecule has 0 spiro atoms. The molecule has 0 saturated carbocycles. The van der Waals surface area contributed by atoms with Gasteiger partial charge in [0.1, 0.15) is 5.75 Å². The quantitative estimate of drug-likeness (QED) is 0.652. The van der Waals surface area contributed by atoms with Crippen molar-refractivity contribution in [3.63, 3.8) is 0 Å². The van der Waals surface area contributed by atoms with E-state index in [1.807, 2.05) is 0 Å². The van der Waals surface area contributed by atoms with Gasteiger partial charge in [0.15, 0.2) is 0 Å². The highest BCUT2D eigenvalue weighted by atomic mass is 35.5. The number of hydrogen-bond donors (Lipinski definition) is 1. The van der Waals surface area contributed by atoms with Crippen LogP contribution in [0.25, 0.3) is 0 Å². The highest BCUT2D eigenvalue weighted by Gasteiger charge is 2.27. The van der Waals surface area contributed by atoms with Crippen LogP contribution in [0.5, 0.6) is 5.75 Å². The van der Waals surface area contributed by atoms with Gasteiger partial charge in [-0.25, -0.2) is 4.57 Å². The first kappa shape index (κ1) is 18.6. The number of phosphoric acid groups is 1. The molecule has 1 N–H and O–H groups in total. The largest absolute Gasteiger partial charge is 0.527 e. The van der Waals surface area contributed by atoms with Gasteiger partial charge in [-0.2, -0.15) is 13.2 Å². The summed E-state index contributed by atoms with van der Waals surface area (Å²) < 4.78 is 55.7. The summed E-state index contributed by atoms with van der Waals surface area (Å²) in [5, 5.41) is 0. The fourth-order valence-corrected chi connectivity index (χ4v) is 2.05. The number of halogens is 4. The second-order valence-electron chi connectivity index (χ2n) is 3.12. The van der Waals surface area contributed by atoms with Crippen molar-refractivity contribution in [2.24, 2.45) is 0 Å². The second-order valence-corrected chi connectivity index (χ2v) is 5.65. The molecule has 1 aromatic rings. The van der Waals surface area contributed by atoms with E-state index in [1.165, 1.54) is 24.3 Å². The predicted octanol–water partition coefficient (Wildman–Crippen LogP) is 3.89. The Bertz CT molecular complexity index is 440. The Morgan fingerprint density at radius 2 is 1.84 bits per heavy atom. The lowest BCUT2D eigenvalue weighted by Crippen LogP contribution is -2.10. The summed E-state index contributed by atoms with van der Waals surface area (Å²) in [6.45, 7) is 0. The van der Waals surface area contributed by atoms with Crippen molar-refractivity contribution >= 4 is 32.0 Å². The standard InChI is InChI=1S/C9H10F3O4PS.ClH/c1-15-17(13,14)16-7-2-4-8(5-3-7)18-6-9(10,11)12;/h2-5H,6H2,1H3,(H,13,14);1H. The highest BCUT2D eigenvalue weighted by molar-refractivity contribution is 7.99. The Kier molecular flexibility index (Phi) is 7.24. The molecule has 0 aliphatic heterocycles. The van der Waals surface area contributed by atoms with Crippen molar-refractivity contribution in [3.05, 3.63) is 24.3 Å². The lowest BCUT2D eigenvalue weighted by molar-refractivity contribution is -0.105. The Hall–Kier alpha value is -0.400. The lowest BCUT2D eigenvalue weighted by atomic mass is 10.3. The van der Waals surface area contributed by atoms with Crippen LogP contribution in [0.2, 0.25) is 0 Å². The van der Waals surface area contributed by atoms with Crippen LogP contribution in [-0.4, -0.2) is 23.9 Å². The number of thioether (sulfide) groups is 1. The molecule has 1 atom stereocenters. The monoisotopic (exact) mass is 338 g/mol. The summed E-state index contributed by atoms with van der Waals surface area (Å²) in [6.07, 6.45) is -4.24. The fraction of sp³-hybridized carbons (Fsp3) is 0.333. The summed E-state index contributed by atoms with van der Waals surface area (Å²) in [6, 6.07) is 5.31. The molecule has 1 aromatic carbocycles. The maximum absolute atomic E-state index is 12.0. The van der Waals surface area contributed by atoms with Crippen LogP contribution in [0, 0.1) is 0 Å². The molecule has 0 aromatic heterocycles. The smallest absolute Gasteiger partial charge is 0.404 e. The Labute approximate surface area is 118 Å². The average Bonchev–Trinajstić information content (AvgIpc) is 2.27. The molecule has 0 heterocycles. The van der Waals surface area contributed by atoms with Crippen LogP contribution in [-0.2, 0) is 9.09 Å². The van der Waals surface area contributed by atoms with Crippen molar-refractivity contribution in [3.8, 4) is 5.75 Å². The number of hydrogen-bond acceptors (Lipinski definition) is 4. The number of rotatable bonds is 5. The molecule has 1 rings (SSSR count). The first-order chi connectivity index (χ1) is 8.22. The van der Waals surface area contributed by atoms with E-state index < -0.39 is 19.8 Å². The van der Waals surface area contributed by atoms with E-state index >= 15 is 0 Å². The molecule has 19 heavy (non-hydrogen) atoms. The van der Waals surface area contributed by atoms with Crippen molar-refractivity contribution < 1.29 is 31.7 Å². The van der Waals surface area contributed by atoms with E-state index in [2.05, 4.69) is 9.05 Å². The molecule has 10 heteroatoms. The van der Waals surface area contributed by atoms with Crippen molar-refractivity contribution in [1.82, 2.24) is 0 Å². The first-order valence-electron chi connectivity index (χ1n) is 4.59. The maximum atomic E-state index is 12.0. The molecule has 0 aliphatic carbocycles. The van der Waals surface area contributed by atoms with Gasteiger partial charge in [0.05, 0.1) is 5.75 Å². The van der Waals surface area contributed by atoms with Crippen molar-refractivity contribution in [1.29, 1.82) is 0 Å². The minimum Gasteiger partial charge on any atom is -0.404 e. The van der Waals surface area contributed by atoms with Gasteiger partial charge in [0, 0.05) is 12.0 Å². The van der Waals surface area contributed by atoms with E-state index in [0.29, 0.717) is 16.7 Å². The summed E-state index contributed by atoms with van der Waals surface area (Å²) >= 11 is 0.616. The molecule has 0 radical (unpaired) electrons. The minimum absolute atomic E-state index is 0. The van der Waals surface area contributed by atoms with Crippen LogP contribution in [0.15, 0.2) is 29.2 Å². The molecule has 0 aliphatic rings. The SMILES string of the molecule is COP(=O)(O)Oc1ccc(SCC(F)(F)F)cc1.Cl. The molecular weight excluding hydrogens is 328 g/mol. The van der Waals surface area contributed by atoms with Crippen LogP contribution in [0.3, 0.4) is 0 Å². The number of benzene rings is 1. The van der Waals surface area contributed by atoms with Gasteiger partial charge in [-0.05, 0) is 24.3 Å². The number of alkyl halides is 3. The van der Waals surface area contributed by atoms with Crippen LogP contribution < -0.4 is 4.52 Å². The third kappa shape index (κ3) is 7.69. The summed E-state index contributed by atoms with van der Waals surface area (Å²) in [7, 11) is -3.13. The zero-order valence-corrected chi connectivity index (χ0v) is 12.1. The van der Waals surface area contributed by atoms with Gasteiger partial charge in [0.25, 0.3) is 0 Å². The molecule has 0 fully saturated rings. The van der Waals surface area contributed by atoms with Crippen molar-refractivity contribution in [2.45, 2.75) is 11.1 Å². The molecule has 4 nitrogen and oxygen atoms in total. The van der Waals surface area contributed by atoms with Gasteiger partial charge < -0.3 is 4.52 Å². The zero-order chi connectivity index (χ0) is 13.8. The second kappa shape index (κ2) is 7.40. The third-order valence-electron chi connectivity index (χ3n) is 1.68. The third-order valence-corrected chi connectivity index (χ3v) is 3.66. The normalized spacial score (nSPS) is 14.4. The topological polar surface area (TPSA) is 55.8 Å². The molecular formula is C9H11ClF3O4PS. The average molecular weight is 339 g/mol. The summed E-state index contributed by atoms with van der Waals surface area (Å²) in [5.74, 6) is -0.955. The van der Waals surface area contributed by atoms with E-state index in [0.717, 1.165) is 7.11 Å². The van der Waals surface area contributed by atoms with Crippen molar-refractivity contribution in [2.75, 3.05) is 12.9 Å². The molecule has 0 saturated heterocycles. The van der Waals surface area contributed by atoms with Crippen LogP contribution >= 0.6 is 32.0 Å². The summed E-state index contributed by atoms with van der Waals surface area (Å²) in [5.41, 5.74) is 0. The van der Waals surface area contributed by atoms with Gasteiger partial charge in [-0.3, -0.25) is 9.42 Å². The fourth-order valence-electron chi connectivity index (χ4n) is 0.932. The first-order valence-corrected chi connectivity index (χ1v) is 7.08. The van der Waals surface area contributed by atoms with Gasteiger partial charge in [0.2, 0.25) is 0 Å². The lowest BCUT2D eigenvalue weighted by Gasteiger charge is -2.10. The van der Waals surface area contributed by atoms with E-state index in [9.17, 15) is 17.7 Å². The van der Waals surface area contributed by atoms with Gasteiger partial charge >= 0.3 is 14.0 Å². The van der Waals surface area contributed by atoms with E-state index in [-0.39, 0.29) is 18.2 Å². The summed E-state index contributed by atoms with van der Waals surface area (Å²) in [4.78, 5) is 9.39. The molecule has 0 bridgehead atoms. The molecule has 110 valence electrons. The number of phosphoric ester groups is 1. The van der Waals surface area contributed by atoms with Gasteiger partial charge in [-0.15, -0.1) is 24.2 Å². The Balaban J connectivity index is 0.00000324. The molecule has 0 amide bonds. The van der Waals surface area contributed by atoms with E-state index in [1.54, 1.807) is 0 Å². The van der Waals surface area contributed by atoms with E-state index in [4.69, 9.17) is 4.89 Å². The molecule has 1 unspecified atom stereocenters. The van der Waals surface area contributed by atoms with Crippen LogP contribution in [0.4, 0.5) is 13.2 Å². The van der Waals surface area contributed by atoms with Gasteiger partial charge in [-0.1, -0.05) is 0 Å². The predicted molar refractivity (Wildman–Crippen MR) is 67.9 cm³/mol. The van der Waals surface area contributed by atoms with Crippen LogP contribution in [0.1, 0.15) is 0 Å². The zero-order valence-electron chi connectivity index (χ0n) is 9.59. The minimum atomic E-state index is -4.24.